The zero-order valence-electron chi connectivity index (χ0n) is 11.9. The number of hydrogen-bond donors (Lipinski definition) is 1. The number of rotatable bonds is 6. The minimum absolute atomic E-state index is 0.321. The Hall–Kier alpha value is -2.16. The van der Waals surface area contributed by atoms with Crippen molar-refractivity contribution in [1.29, 1.82) is 0 Å². The molecule has 0 aliphatic carbocycles. The lowest BCUT2D eigenvalue weighted by atomic mass is 10.0. The van der Waals surface area contributed by atoms with E-state index in [1.165, 1.54) is 0 Å². The van der Waals surface area contributed by atoms with Gasteiger partial charge in [0.1, 0.15) is 17.2 Å². The Bertz CT molecular complexity index is 564. The van der Waals surface area contributed by atoms with Gasteiger partial charge in [0.15, 0.2) is 0 Å². The Kier molecular flexibility index (Phi) is 4.88. The topological polar surface area (TPSA) is 38.7 Å². The predicted molar refractivity (Wildman–Crippen MR) is 79.7 cm³/mol. The maximum atomic E-state index is 9.44. The van der Waals surface area contributed by atoms with Gasteiger partial charge in [0.05, 0.1) is 14.2 Å². The summed E-state index contributed by atoms with van der Waals surface area (Å²) in [5.74, 6) is 2.06. The normalized spacial score (nSPS) is 10.3. The summed E-state index contributed by atoms with van der Waals surface area (Å²) in [6.07, 6.45) is 2.83. The Balaban J connectivity index is 1.99. The van der Waals surface area contributed by atoms with Crippen molar-refractivity contribution in [3.8, 4) is 17.2 Å². The van der Waals surface area contributed by atoms with Gasteiger partial charge in [-0.2, -0.15) is 0 Å². The quantitative estimate of drug-likeness (QED) is 0.873. The third-order valence-electron chi connectivity index (χ3n) is 3.31. The van der Waals surface area contributed by atoms with Crippen LogP contribution in [0.1, 0.15) is 17.5 Å². The fourth-order valence-electron chi connectivity index (χ4n) is 2.27. The fraction of sp³-hybridized carbons (Fsp3) is 0.294. The summed E-state index contributed by atoms with van der Waals surface area (Å²) in [7, 11) is 3.35. The van der Waals surface area contributed by atoms with Crippen molar-refractivity contribution in [2.24, 2.45) is 0 Å². The maximum Gasteiger partial charge on any atom is 0.122 e. The molecule has 0 radical (unpaired) electrons. The van der Waals surface area contributed by atoms with Crippen LogP contribution in [0.25, 0.3) is 0 Å². The van der Waals surface area contributed by atoms with Gasteiger partial charge in [0, 0.05) is 0 Å². The lowest BCUT2D eigenvalue weighted by Gasteiger charge is -2.10. The Morgan fingerprint density at radius 2 is 1.80 bits per heavy atom. The molecule has 2 aromatic carbocycles. The average Bonchev–Trinajstić information content (AvgIpc) is 2.47. The van der Waals surface area contributed by atoms with Crippen molar-refractivity contribution in [1.82, 2.24) is 0 Å². The number of phenolic OH excluding ortho intramolecular Hbond substituents is 1. The molecule has 2 rings (SSSR count). The van der Waals surface area contributed by atoms with Crippen molar-refractivity contribution in [2.75, 3.05) is 14.2 Å². The van der Waals surface area contributed by atoms with E-state index in [9.17, 15) is 5.11 Å². The molecule has 0 saturated heterocycles. The summed E-state index contributed by atoms with van der Waals surface area (Å²) in [6.45, 7) is 0. The van der Waals surface area contributed by atoms with Crippen molar-refractivity contribution < 1.29 is 14.6 Å². The van der Waals surface area contributed by atoms with E-state index in [0.717, 1.165) is 41.9 Å². The van der Waals surface area contributed by atoms with E-state index in [1.807, 2.05) is 36.4 Å². The summed E-state index contributed by atoms with van der Waals surface area (Å²) in [4.78, 5) is 0. The number of aromatic hydroxyl groups is 1. The van der Waals surface area contributed by atoms with Gasteiger partial charge >= 0.3 is 0 Å². The van der Waals surface area contributed by atoms with Crippen molar-refractivity contribution in [3.63, 3.8) is 0 Å². The van der Waals surface area contributed by atoms with E-state index in [1.54, 1.807) is 20.3 Å². The van der Waals surface area contributed by atoms with Crippen LogP contribution in [-0.2, 0) is 12.8 Å². The summed E-state index contributed by atoms with van der Waals surface area (Å²) in [6, 6.07) is 13.2. The summed E-state index contributed by atoms with van der Waals surface area (Å²) >= 11 is 0. The highest BCUT2D eigenvalue weighted by Crippen LogP contribution is 2.25. The fourth-order valence-corrected chi connectivity index (χ4v) is 2.27. The highest BCUT2D eigenvalue weighted by Gasteiger charge is 2.05. The molecule has 0 aliphatic rings. The van der Waals surface area contributed by atoms with Crippen molar-refractivity contribution in [2.45, 2.75) is 19.3 Å². The van der Waals surface area contributed by atoms with E-state index in [4.69, 9.17) is 9.47 Å². The van der Waals surface area contributed by atoms with Gasteiger partial charge in [0.25, 0.3) is 0 Å². The number of methoxy groups -OCH3 is 2. The predicted octanol–water partition coefficient (Wildman–Crippen LogP) is 3.58. The van der Waals surface area contributed by atoms with E-state index in [2.05, 4.69) is 0 Å². The summed E-state index contributed by atoms with van der Waals surface area (Å²) < 4.78 is 10.6. The molecular formula is C17H20O3. The molecule has 0 unspecified atom stereocenters. The SMILES string of the molecule is COc1ccc(OC)c(CCCc2cccc(O)c2)c1. The smallest absolute Gasteiger partial charge is 0.122 e. The first kappa shape index (κ1) is 14.3. The number of hydrogen-bond acceptors (Lipinski definition) is 3. The molecule has 1 N–H and O–H groups in total. The van der Waals surface area contributed by atoms with Crippen molar-refractivity contribution in [3.05, 3.63) is 53.6 Å². The van der Waals surface area contributed by atoms with Gasteiger partial charge in [-0.3, -0.25) is 0 Å². The van der Waals surface area contributed by atoms with E-state index in [0.29, 0.717) is 5.75 Å². The van der Waals surface area contributed by atoms with Gasteiger partial charge in [-0.1, -0.05) is 12.1 Å². The molecule has 0 heterocycles. The first-order valence-corrected chi connectivity index (χ1v) is 6.71. The molecule has 0 spiro atoms. The molecule has 106 valence electrons. The third kappa shape index (κ3) is 3.67. The van der Waals surface area contributed by atoms with Crippen LogP contribution in [0.15, 0.2) is 42.5 Å². The minimum Gasteiger partial charge on any atom is -0.508 e. The van der Waals surface area contributed by atoms with Crippen LogP contribution >= 0.6 is 0 Å². The molecule has 0 aromatic heterocycles. The maximum absolute atomic E-state index is 9.44. The third-order valence-corrected chi connectivity index (χ3v) is 3.31. The second kappa shape index (κ2) is 6.85. The lowest BCUT2D eigenvalue weighted by Crippen LogP contribution is -1.95. The van der Waals surface area contributed by atoms with E-state index < -0.39 is 0 Å². The van der Waals surface area contributed by atoms with Crippen LogP contribution < -0.4 is 9.47 Å². The van der Waals surface area contributed by atoms with Gasteiger partial charge < -0.3 is 14.6 Å². The molecule has 0 atom stereocenters. The highest BCUT2D eigenvalue weighted by molar-refractivity contribution is 5.40. The molecule has 0 fully saturated rings. The second-order valence-electron chi connectivity index (χ2n) is 4.70. The second-order valence-corrected chi connectivity index (χ2v) is 4.70. The van der Waals surface area contributed by atoms with Crippen LogP contribution in [0, 0.1) is 0 Å². The lowest BCUT2D eigenvalue weighted by molar-refractivity contribution is 0.398. The zero-order chi connectivity index (χ0) is 14.4. The largest absolute Gasteiger partial charge is 0.508 e. The molecule has 20 heavy (non-hydrogen) atoms. The summed E-state index contributed by atoms with van der Waals surface area (Å²) in [5, 5.41) is 9.44. The highest BCUT2D eigenvalue weighted by atomic mass is 16.5. The van der Waals surface area contributed by atoms with Crippen LogP contribution in [0.2, 0.25) is 0 Å². The van der Waals surface area contributed by atoms with Crippen LogP contribution in [0.3, 0.4) is 0 Å². The van der Waals surface area contributed by atoms with Crippen LogP contribution in [0.4, 0.5) is 0 Å². The zero-order valence-corrected chi connectivity index (χ0v) is 11.9. The Morgan fingerprint density at radius 1 is 0.950 bits per heavy atom. The van der Waals surface area contributed by atoms with Gasteiger partial charge in [0.2, 0.25) is 0 Å². The standard InChI is InChI=1S/C17H20O3/c1-19-16-9-10-17(20-2)14(12-16)7-3-5-13-6-4-8-15(18)11-13/h4,6,8-12,18H,3,5,7H2,1-2H3. The monoisotopic (exact) mass is 272 g/mol. The number of ether oxygens (including phenoxy) is 2. The number of benzene rings is 2. The first-order valence-electron chi connectivity index (χ1n) is 6.71. The molecule has 0 saturated carbocycles. The van der Waals surface area contributed by atoms with Gasteiger partial charge in [-0.25, -0.2) is 0 Å². The van der Waals surface area contributed by atoms with E-state index in [-0.39, 0.29) is 0 Å². The van der Waals surface area contributed by atoms with Crippen LogP contribution in [-0.4, -0.2) is 19.3 Å². The molecule has 3 heteroatoms. The average molecular weight is 272 g/mol. The van der Waals surface area contributed by atoms with Crippen LogP contribution in [0.5, 0.6) is 17.2 Å². The minimum atomic E-state index is 0.321. The van der Waals surface area contributed by atoms with Crippen molar-refractivity contribution >= 4 is 0 Å². The molecule has 0 amide bonds. The number of phenols is 1. The summed E-state index contributed by atoms with van der Waals surface area (Å²) in [5.41, 5.74) is 2.29. The Morgan fingerprint density at radius 3 is 2.50 bits per heavy atom. The van der Waals surface area contributed by atoms with Gasteiger partial charge in [-0.05, 0) is 60.7 Å². The van der Waals surface area contributed by atoms with E-state index >= 15 is 0 Å². The molecular weight excluding hydrogens is 252 g/mol. The molecule has 3 nitrogen and oxygen atoms in total. The first-order chi connectivity index (χ1) is 9.72. The molecule has 2 aromatic rings. The molecule has 0 aliphatic heterocycles. The number of aryl methyl sites for hydroxylation is 2. The van der Waals surface area contributed by atoms with Gasteiger partial charge in [-0.15, -0.1) is 0 Å². The Labute approximate surface area is 119 Å². The molecule has 0 bridgehead atoms.